The third kappa shape index (κ3) is 3.27. The summed E-state index contributed by atoms with van der Waals surface area (Å²) in [6, 6.07) is -0.222. The number of sulfonamides is 1. The van der Waals surface area contributed by atoms with Crippen LogP contribution in [0.15, 0.2) is 17.3 Å². The molecule has 1 saturated heterocycles. The van der Waals surface area contributed by atoms with E-state index in [2.05, 4.69) is 5.10 Å². The lowest BCUT2D eigenvalue weighted by molar-refractivity contribution is -0.117. The molecule has 0 amide bonds. The summed E-state index contributed by atoms with van der Waals surface area (Å²) >= 11 is 0. The van der Waals surface area contributed by atoms with Crippen molar-refractivity contribution in [3.05, 3.63) is 12.4 Å². The first-order valence-corrected chi connectivity index (χ1v) is 8.35. The smallest absolute Gasteiger partial charge is 0.246 e. The van der Waals surface area contributed by atoms with Crippen molar-refractivity contribution >= 4 is 15.8 Å². The van der Waals surface area contributed by atoms with Crippen molar-refractivity contribution < 1.29 is 13.2 Å². The van der Waals surface area contributed by atoms with Crippen molar-refractivity contribution in [1.82, 2.24) is 14.1 Å². The molecular formula is C13H21N3O3S. The van der Waals surface area contributed by atoms with Gasteiger partial charge in [-0.1, -0.05) is 12.8 Å². The minimum atomic E-state index is -3.56. The maximum absolute atomic E-state index is 12.7. The Hall–Kier alpha value is -1.21. The molecule has 2 heterocycles. The molecule has 0 aromatic carbocycles. The molecule has 20 heavy (non-hydrogen) atoms. The van der Waals surface area contributed by atoms with E-state index in [1.807, 2.05) is 0 Å². The highest BCUT2D eigenvalue weighted by atomic mass is 32.2. The van der Waals surface area contributed by atoms with Gasteiger partial charge in [0.15, 0.2) is 0 Å². The second-order valence-corrected chi connectivity index (χ2v) is 7.27. The van der Waals surface area contributed by atoms with Gasteiger partial charge in [0.05, 0.1) is 6.20 Å². The van der Waals surface area contributed by atoms with Crippen molar-refractivity contribution in [3.8, 4) is 0 Å². The zero-order valence-corrected chi connectivity index (χ0v) is 12.8. The van der Waals surface area contributed by atoms with Crippen LogP contribution in [0.1, 0.15) is 39.0 Å². The minimum absolute atomic E-state index is 0.0308. The summed E-state index contributed by atoms with van der Waals surface area (Å²) in [5.41, 5.74) is 0. The molecule has 1 aliphatic heterocycles. The SMILES string of the molecule is CC(=O)CC1CCCCCN1S(=O)(=O)c1cnn(C)c1. The largest absolute Gasteiger partial charge is 0.300 e. The quantitative estimate of drug-likeness (QED) is 0.841. The monoisotopic (exact) mass is 299 g/mol. The summed E-state index contributed by atoms with van der Waals surface area (Å²) in [5, 5.41) is 3.93. The van der Waals surface area contributed by atoms with Crippen LogP contribution in [0.3, 0.4) is 0 Å². The molecule has 0 saturated carbocycles. The van der Waals surface area contributed by atoms with Crippen LogP contribution in [0.2, 0.25) is 0 Å². The number of hydrogen-bond donors (Lipinski definition) is 0. The van der Waals surface area contributed by atoms with E-state index in [0.717, 1.165) is 25.7 Å². The van der Waals surface area contributed by atoms with E-state index < -0.39 is 10.0 Å². The highest BCUT2D eigenvalue weighted by molar-refractivity contribution is 7.89. The van der Waals surface area contributed by atoms with Crippen LogP contribution in [0.4, 0.5) is 0 Å². The molecule has 112 valence electrons. The highest BCUT2D eigenvalue weighted by Gasteiger charge is 2.33. The predicted molar refractivity (Wildman–Crippen MR) is 74.7 cm³/mol. The number of carbonyl (C=O) groups excluding carboxylic acids is 1. The minimum Gasteiger partial charge on any atom is -0.300 e. The number of ketones is 1. The molecule has 1 unspecified atom stereocenters. The molecule has 0 radical (unpaired) electrons. The first-order valence-electron chi connectivity index (χ1n) is 6.91. The van der Waals surface area contributed by atoms with Gasteiger partial charge in [0.1, 0.15) is 10.7 Å². The third-order valence-electron chi connectivity index (χ3n) is 3.63. The van der Waals surface area contributed by atoms with Gasteiger partial charge in [-0.25, -0.2) is 8.42 Å². The molecule has 7 heteroatoms. The number of nitrogens with zero attached hydrogens (tertiary/aromatic N) is 3. The Morgan fingerprint density at radius 3 is 2.75 bits per heavy atom. The second-order valence-electron chi connectivity index (χ2n) is 5.37. The number of hydrogen-bond acceptors (Lipinski definition) is 4. The van der Waals surface area contributed by atoms with Crippen molar-refractivity contribution in [3.63, 3.8) is 0 Å². The van der Waals surface area contributed by atoms with E-state index in [1.165, 1.54) is 28.3 Å². The van der Waals surface area contributed by atoms with Crippen molar-refractivity contribution in [2.24, 2.45) is 7.05 Å². The Morgan fingerprint density at radius 1 is 1.40 bits per heavy atom. The van der Waals surface area contributed by atoms with E-state index in [4.69, 9.17) is 0 Å². The average Bonchev–Trinajstić information content (AvgIpc) is 2.66. The van der Waals surface area contributed by atoms with Gasteiger partial charge in [-0.3, -0.25) is 9.48 Å². The molecule has 6 nitrogen and oxygen atoms in total. The third-order valence-corrected chi connectivity index (χ3v) is 5.54. The summed E-state index contributed by atoms with van der Waals surface area (Å²) in [4.78, 5) is 11.6. The van der Waals surface area contributed by atoms with Crippen LogP contribution in [0, 0.1) is 0 Å². The van der Waals surface area contributed by atoms with Gasteiger partial charge < -0.3 is 0 Å². The molecule has 0 spiro atoms. The zero-order chi connectivity index (χ0) is 14.8. The van der Waals surface area contributed by atoms with E-state index in [-0.39, 0.29) is 16.7 Å². The van der Waals surface area contributed by atoms with Crippen LogP contribution >= 0.6 is 0 Å². The van der Waals surface area contributed by atoms with Gasteiger partial charge in [-0.15, -0.1) is 0 Å². The Balaban J connectivity index is 2.32. The van der Waals surface area contributed by atoms with Crippen LogP contribution in [-0.4, -0.2) is 40.9 Å². The van der Waals surface area contributed by atoms with Crippen LogP contribution < -0.4 is 0 Å². The van der Waals surface area contributed by atoms with Gasteiger partial charge in [-0.05, 0) is 19.8 Å². The lowest BCUT2D eigenvalue weighted by atomic mass is 10.1. The standard InChI is InChI=1S/C13H21N3O3S/c1-11(17)8-12-6-4-3-5-7-16(12)20(18,19)13-9-14-15(2)10-13/h9-10,12H,3-8H2,1-2H3. The number of carbonyl (C=O) groups is 1. The van der Waals surface area contributed by atoms with E-state index in [9.17, 15) is 13.2 Å². The first kappa shape index (κ1) is 15.2. The van der Waals surface area contributed by atoms with E-state index in [0.29, 0.717) is 13.0 Å². The molecule has 1 aliphatic rings. The van der Waals surface area contributed by atoms with Crippen LogP contribution in [0.5, 0.6) is 0 Å². The van der Waals surface area contributed by atoms with E-state index in [1.54, 1.807) is 7.05 Å². The number of rotatable bonds is 4. The molecule has 1 fully saturated rings. The molecule has 0 aliphatic carbocycles. The fourth-order valence-electron chi connectivity index (χ4n) is 2.67. The highest BCUT2D eigenvalue weighted by Crippen LogP contribution is 2.26. The van der Waals surface area contributed by atoms with Crippen LogP contribution in [0.25, 0.3) is 0 Å². The summed E-state index contributed by atoms with van der Waals surface area (Å²) in [5.74, 6) is 0.0308. The fourth-order valence-corrected chi connectivity index (χ4v) is 4.35. The average molecular weight is 299 g/mol. The predicted octanol–water partition coefficient (Wildman–Crippen LogP) is 1.33. The summed E-state index contributed by atoms with van der Waals surface area (Å²) in [6.45, 7) is 1.99. The van der Waals surface area contributed by atoms with Gasteiger partial charge in [-0.2, -0.15) is 9.40 Å². The Kier molecular flexibility index (Phi) is 4.59. The first-order chi connectivity index (χ1) is 9.41. The van der Waals surface area contributed by atoms with E-state index >= 15 is 0 Å². The van der Waals surface area contributed by atoms with Crippen molar-refractivity contribution in [2.45, 2.75) is 50.0 Å². The summed E-state index contributed by atoms with van der Waals surface area (Å²) < 4.78 is 28.4. The Morgan fingerprint density at radius 2 is 2.15 bits per heavy atom. The molecule has 1 atom stereocenters. The molecule has 1 aromatic rings. The number of aryl methyl sites for hydroxylation is 1. The molecular weight excluding hydrogens is 278 g/mol. The fraction of sp³-hybridized carbons (Fsp3) is 0.692. The second kappa shape index (κ2) is 6.05. The molecule has 0 N–H and O–H groups in total. The molecule has 2 rings (SSSR count). The maximum atomic E-state index is 12.7. The number of Topliss-reactive ketones (excluding diaryl/α,β-unsaturated/α-hetero) is 1. The van der Waals surface area contributed by atoms with Crippen LogP contribution in [-0.2, 0) is 21.9 Å². The van der Waals surface area contributed by atoms with Gasteiger partial charge >= 0.3 is 0 Å². The normalized spacial score (nSPS) is 21.6. The summed E-state index contributed by atoms with van der Waals surface area (Å²) in [7, 11) is -1.87. The lowest BCUT2D eigenvalue weighted by Gasteiger charge is -2.27. The topological polar surface area (TPSA) is 72.3 Å². The Labute approximate surface area is 119 Å². The lowest BCUT2D eigenvalue weighted by Crippen LogP contribution is -2.40. The van der Waals surface area contributed by atoms with Gasteiger partial charge in [0.2, 0.25) is 10.0 Å². The van der Waals surface area contributed by atoms with Gasteiger partial charge in [0.25, 0.3) is 0 Å². The maximum Gasteiger partial charge on any atom is 0.246 e. The summed E-state index contributed by atoms with van der Waals surface area (Å²) in [6.07, 6.45) is 6.73. The van der Waals surface area contributed by atoms with Crippen molar-refractivity contribution in [1.29, 1.82) is 0 Å². The molecule has 1 aromatic heterocycles. The zero-order valence-electron chi connectivity index (χ0n) is 11.9. The van der Waals surface area contributed by atoms with Gasteiger partial charge in [0, 0.05) is 32.3 Å². The van der Waals surface area contributed by atoms with Crippen molar-refractivity contribution in [2.75, 3.05) is 6.54 Å². The number of aromatic nitrogens is 2. The Bertz CT molecular complexity index is 579. The molecule has 0 bridgehead atoms.